The van der Waals surface area contributed by atoms with Crippen molar-refractivity contribution in [1.29, 1.82) is 0 Å². The first-order valence-electron chi connectivity index (χ1n) is 10.5. The van der Waals surface area contributed by atoms with Gasteiger partial charge in [-0.3, -0.25) is 0 Å². The molecule has 0 amide bonds. The maximum Gasteiger partial charge on any atom is 0.220 e. The van der Waals surface area contributed by atoms with Gasteiger partial charge in [0.05, 0.1) is 6.10 Å². The summed E-state index contributed by atoms with van der Waals surface area (Å²) in [7, 11) is 3.70. The van der Waals surface area contributed by atoms with Gasteiger partial charge >= 0.3 is 0 Å². The third-order valence-electron chi connectivity index (χ3n) is 7.41. The Kier molecular flexibility index (Phi) is 4.03. The van der Waals surface area contributed by atoms with Crippen molar-refractivity contribution in [3.63, 3.8) is 0 Å². The van der Waals surface area contributed by atoms with E-state index in [-0.39, 0.29) is 5.41 Å². The number of hydrogen-bond donors (Lipinski definition) is 1. The molecule has 4 aliphatic rings. The van der Waals surface area contributed by atoms with Crippen molar-refractivity contribution in [3.8, 4) is 0 Å². The number of methoxy groups -OCH3 is 1. The van der Waals surface area contributed by atoms with Crippen molar-refractivity contribution in [1.82, 2.24) is 5.06 Å². The minimum Gasteiger partial charge on any atom is -0.381 e. The summed E-state index contributed by atoms with van der Waals surface area (Å²) in [6.07, 6.45) is 10.9. The van der Waals surface area contributed by atoms with E-state index >= 15 is 0 Å². The zero-order chi connectivity index (χ0) is 18.6. The second kappa shape index (κ2) is 6.21. The molecule has 0 radical (unpaired) electrons. The van der Waals surface area contributed by atoms with Crippen molar-refractivity contribution in [2.75, 3.05) is 14.2 Å². The van der Waals surface area contributed by atoms with Gasteiger partial charge in [0.25, 0.3) is 0 Å². The van der Waals surface area contributed by atoms with Gasteiger partial charge in [0.2, 0.25) is 11.7 Å². The molecule has 0 saturated heterocycles. The fourth-order valence-electron chi connectivity index (χ4n) is 5.51. The zero-order valence-electron chi connectivity index (χ0n) is 16.5. The smallest absolute Gasteiger partial charge is 0.220 e. The van der Waals surface area contributed by atoms with Crippen LogP contribution in [-0.4, -0.2) is 31.3 Å². The van der Waals surface area contributed by atoms with Gasteiger partial charge in [-0.05, 0) is 62.0 Å². The van der Waals surface area contributed by atoms with Crippen LogP contribution >= 0.6 is 0 Å². The highest BCUT2D eigenvalue weighted by molar-refractivity contribution is 5.79. The summed E-state index contributed by atoms with van der Waals surface area (Å²) in [5.74, 6) is 1.44. The molecular weight excluding hydrogens is 338 g/mol. The number of aliphatic imine (C=N–C) groups is 1. The van der Waals surface area contributed by atoms with Crippen molar-refractivity contribution >= 4 is 5.96 Å². The molecule has 5 nitrogen and oxygen atoms in total. The second-order valence-corrected chi connectivity index (χ2v) is 9.07. The van der Waals surface area contributed by atoms with Gasteiger partial charge in [-0.15, -0.1) is 0 Å². The fourth-order valence-corrected chi connectivity index (χ4v) is 5.51. The van der Waals surface area contributed by atoms with E-state index in [0.717, 1.165) is 44.4 Å². The number of benzene rings is 1. The van der Waals surface area contributed by atoms with Gasteiger partial charge in [0.15, 0.2) is 0 Å². The summed E-state index contributed by atoms with van der Waals surface area (Å²) >= 11 is 0. The largest absolute Gasteiger partial charge is 0.381 e. The molecule has 5 heteroatoms. The summed E-state index contributed by atoms with van der Waals surface area (Å²) < 4.78 is 5.63. The fraction of sp³-hybridized carbons (Fsp3) is 0.682. The summed E-state index contributed by atoms with van der Waals surface area (Å²) in [6.45, 7) is 0. The summed E-state index contributed by atoms with van der Waals surface area (Å²) in [5, 5.41) is 1.66. The van der Waals surface area contributed by atoms with Gasteiger partial charge in [-0.25, -0.2) is 14.9 Å². The van der Waals surface area contributed by atoms with Crippen LogP contribution in [0.1, 0.15) is 61.6 Å². The third-order valence-corrected chi connectivity index (χ3v) is 7.41. The van der Waals surface area contributed by atoms with Crippen molar-refractivity contribution in [2.24, 2.45) is 22.1 Å². The lowest BCUT2D eigenvalue weighted by molar-refractivity contribution is -0.232. The van der Waals surface area contributed by atoms with Crippen molar-refractivity contribution in [2.45, 2.75) is 69.6 Å². The molecule has 2 spiro atoms. The number of nitrogens with two attached hydrogens (primary N) is 1. The van der Waals surface area contributed by atoms with Crippen LogP contribution in [0.2, 0.25) is 0 Å². The molecule has 5 rings (SSSR count). The molecule has 1 unspecified atom stereocenters. The molecular formula is C22H31N3O2. The molecule has 0 bridgehead atoms. The lowest BCUT2D eigenvalue weighted by Crippen LogP contribution is -2.46. The number of fused-ring (bicyclic) bond motifs is 3. The van der Waals surface area contributed by atoms with E-state index in [1.165, 1.54) is 36.0 Å². The standard InChI is InChI=1S/C22H31N3O2/c1-25-20(23)24-22(27-25)19-13-16(6-5-15-3-4-15)7-8-17(19)14-21(22)11-9-18(26-2)10-12-21/h7-8,13,15,18H,3-6,9-12,14H2,1-2H3,(H2,23,24). The SMILES string of the molecule is COC1CCC2(CC1)Cc1ccc(CCC3CC3)cc1C21N=C(N)N(C)O1. The molecule has 1 aromatic carbocycles. The van der Waals surface area contributed by atoms with Crippen LogP contribution in [0.5, 0.6) is 0 Å². The number of hydrogen-bond acceptors (Lipinski definition) is 5. The van der Waals surface area contributed by atoms with Crippen LogP contribution in [0.25, 0.3) is 0 Å². The minimum atomic E-state index is -0.657. The van der Waals surface area contributed by atoms with E-state index in [9.17, 15) is 0 Å². The number of rotatable bonds is 4. The summed E-state index contributed by atoms with van der Waals surface area (Å²) in [6, 6.07) is 7.01. The Morgan fingerprint density at radius 1 is 1.26 bits per heavy atom. The molecule has 3 aliphatic carbocycles. The highest BCUT2D eigenvalue weighted by Crippen LogP contribution is 2.62. The number of nitrogens with zero attached hydrogens (tertiary/aromatic N) is 2. The van der Waals surface area contributed by atoms with Crippen LogP contribution < -0.4 is 5.73 Å². The quantitative estimate of drug-likeness (QED) is 0.882. The van der Waals surface area contributed by atoms with Gasteiger partial charge in [0.1, 0.15) is 0 Å². The van der Waals surface area contributed by atoms with Gasteiger partial charge in [-0.2, -0.15) is 0 Å². The average molecular weight is 370 g/mol. The molecule has 2 N–H and O–H groups in total. The van der Waals surface area contributed by atoms with Crippen molar-refractivity contribution in [3.05, 3.63) is 34.9 Å². The van der Waals surface area contributed by atoms with E-state index in [1.54, 1.807) is 5.06 Å². The van der Waals surface area contributed by atoms with E-state index in [1.807, 2.05) is 14.2 Å². The van der Waals surface area contributed by atoms with Crippen LogP contribution in [0.3, 0.4) is 0 Å². The molecule has 27 heavy (non-hydrogen) atoms. The number of aryl methyl sites for hydroxylation is 1. The molecule has 1 aliphatic heterocycles. The van der Waals surface area contributed by atoms with Gasteiger partial charge in [0, 0.05) is 25.1 Å². The Bertz CT molecular complexity index is 765. The molecule has 146 valence electrons. The van der Waals surface area contributed by atoms with E-state index in [2.05, 4.69) is 18.2 Å². The molecule has 2 fully saturated rings. The Labute approximate surface area is 161 Å². The Hall–Kier alpha value is -1.59. The monoisotopic (exact) mass is 369 g/mol. The van der Waals surface area contributed by atoms with Crippen molar-refractivity contribution < 1.29 is 9.57 Å². The molecule has 1 heterocycles. The second-order valence-electron chi connectivity index (χ2n) is 9.07. The highest BCUT2D eigenvalue weighted by Gasteiger charge is 2.63. The van der Waals surface area contributed by atoms with Crippen LogP contribution in [-0.2, 0) is 28.1 Å². The van der Waals surface area contributed by atoms with E-state index in [4.69, 9.17) is 20.3 Å². The lowest BCUT2D eigenvalue weighted by atomic mass is 9.66. The lowest BCUT2D eigenvalue weighted by Gasteiger charge is -2.45. The number of ether oxygens (including phenoxy) is 1. The Balaban J connectivity index is 1.52. The maximum absolute atomic E-state index is 6.47. The first-order valence-corrected chi connectivity index (χ1v) is 10.5. The molecule has 1 atom stereocenters. The Morgan fingerprint density at radius 2 is 2.04 bits per heavy atom. The maximum atomic E-state index is 6.47. The molecule has 1 aromatic rings. The first kappa shape index (κ1) is 17.5. The third kappa shape index (κ3) is 2.70. The highest BCUT2D eigenvalue weighted by atomic mass is 16.7. The minimum absolute atomic E-state index is 0.0190. The first-order chi connectivity index (χ1) is 13.1. The van der Waals surface area contributed by atoms with Gasteiger partial charge in [-0.1, -0.05) is 31.0 Å². The van der Waals surface area contributed by atoms with Crippen LogP contribution in [0.4, 0.5) is 0 Å². The van der Waals surface area contributed by atoms with E-state index in [0.29, 0.717) is 12.1 Å². The van der Waals surface area contributed by atoms with Gasteiger partial charge < -0.3 is 10.5 Å². The Morgan fingerprint density at radius 3 is 2.67 bits per heavy atom. The number of guanidine groups is 1. The zero-order valence-corrected chi connectivity index (χ0v) is 16.5. The predicted molar refractivity (Wildman–Crippen MR) is 105 cm³/mol. The average Bonchev–Trinajstić information content (AvgIpc) is 3.41. The van der Waals surface area contributed by atoms with Crippen LogP contribution in [0.15, 0.2) is 23.2 Å². The summed E-state index contributed by atoms with van der Waals surface area (Å²) in [4.78, 5) is 11.4. The number of hydroxylamine groups is 2. The normalized spacial score (nSPS) is 35.1. The molecule has 0 aromatic heterocycles. The van der Waals surface area contributed by atoms with E-state index < -0.39 is 5.72 Å². The van der Waals surface area contributed by atoms with Crippen LogP contribution in [0, 0.1) is 11.3 Å². The topological polar surface area (TPSA) is 60.1 Å². The summed E-state index contributed by atoms with van der Waals surface area (Å²) in [5.41, 5.74) is 9.57. The predicted octanol–water partition coefficient (Wildman–Crippen LogP) is 3.51. The molecule has 2 saturated carbocycles.